The molecule has 3 fully saturated rings. The molecule has 2 bridgehead atoms. The average Bonchev–Trinajstić information content (AvgIpc) is 3.40. The third-order valence-electron chi connectivity index (χ3n) is 8.37. The molecule has 3 heterocycles. The molecular weight excluding hydrogens is 550 g/mol. The summed E-state index contributed by atoms with van der Waals surface area (Å²) in [5.41, 5.74) is -1.76. The fourth-order valence-electron chi connectivity index (χ4n) is 7.28. The topological polar surface area (TPSA) is 90.4 Å². The van der Waals surface area contributed by atoms with Gasteiger partial charge in [0.05, 0.1) is 30.6 Å². The smallest absolute Gasteiger partial charge is 0.249 e. The summed E-state index contributed by atoms with van der Waals surface area (Å²) in [6.45, 7) is 20.4. The molecule has 0 aromatic rings. The van der Waals surface area contributed by atoms with Crippen molar-refractivity contribution in [1.82, 2.24) is 14.7 Å². The number of amides is 3. The maximum Gasteiger partial charge on any atom is 0.249 e. The summed E-state index contributed by atoms with van der Waals surface area (Å²) in [7, 11) is 1.69. The summed E-state index contributed by atoms with van der Waals surface area (Å²) in [5, 5.41) is 10.3. The van der Waals surface area contributed by atoms with Crippen molar-refractivity contribution in [1.29, 1.82) is 0 Å². The van der Waals surface area contributed by atoms with Crippen molar-refractivity contribution in [3.63, 3.8) is 0 Å². The fourth-order valence-corrected chi connectivity index (χ4v) is 8.22. The summed E-state index contributed by atoms with van der Waals surface area (Å²) in [4.78, 5) is 47.3. The van der Waals surface area contributed by atoms with Gasteiger partial charge in [-0.2, -0.15) is 0 Å². The zero-order valence-corrected chi connectivity index (χ0v) is 25.7. The molecule has 3 saturated heterocycles. The van der Waals surface area contributed by atoms with Crippen LogP contribution in [-0.2, 0) is 19.1 Å². The Labute approximate surface area is 236 Å². The van der Waals surface area contributed by atoms with Crippen LogP contribution >= 0.6 is 15.9 Å². The number of hydrogen-bond acceptors (Lipinski definition) is 5. The molecule has 7 atom stereocenters. The molecule has 1 N–H and O–H groups in total. The zero-order chi connectivity index (χ0) is 28.8. The number of likely N-dealkylation sites (N-methyl/N-ethyl adjacent to an activating group) is 1. The first-order valence-electron chi connectivity index (χ1n) is 13.6. The summed E-state index contributed by atoms with van der Waals surface area (Å²) in [6.07, 6.45) is 4.46. The van der Waals surface area contributed by atoms with E-state index in [1.165, 1.54) is 0 Å². The number of rotatable bonds is 11. The first kappa shape index (κ1) is 30.8. The molecule has 3 rings (SSSR count). The summed E-state index contributed by atoms with van der Waals surface area (Å²) < 4.78 is 6.64. The third kappa shape index (κ3) is 5.10. The van der Waals surface area contributed by atoms with E-state index in [2.05, 4.69) is 49.9 Å². The van der Waals surface area contributed by atoms with Crippen LogP contribution in [0, 0.1) is 17.3 Å². The number of aliphatic hydroxyl groups is 1. The largest absolute Gasteiger partial charge is 0.394 e. The normalized spacial score (nSPS) is 31.2. The predicted molar refractivity (Wildman–Crippen MR) is 152 cm³/mol. The molecule has 3 aliphatic rings. The van der Waals surface area contributed by atoms with E-state index in [1.54, 1.807) is 33.9 Å². The van der Waals surface area contributed by atoms with Crippen LogP contribution < -0.4 is 0 Å². The quantitative estimate of drug-likeness (QED) is 0.292. The van der Waals surface area contributed by atoms with Crippen LogP contribution in [0.15, 0.2) is 25.3 Å². The molecule has 8 nitrogen and oxygen atoms in total. The van der Waals surface area contributed by atoms with Crippen molar-refractivity contribution in [3.8, 4) is 0 Å². The van der Waals surface area contributed by atoms with Gasteiger partial charge in [-0.05, 0) is 38.5 Å². The van der Waals surface area contributed by atoms with E-state index < -0.39 is 41.2 Å². The number of carbonyl (C=O) groups excluding carboxylic acids is 3. The van der Waals surface area contributed by atoms with Crippen LogP contribution in [0.25, 0.3) is 0 Å². The number of ether oxygens (including phenoxy) is 1. The number of aliphatic hydroxyl groups excluding tert-OH is 1. The van der Waals surface area contributed by atoms with Gasteiger partial charge in [0, 0.05) is 30.5 Å². The first-order chi connectivity index (χ1) is 17.6. The van der Waals surface area contributed by atoms with E-state index in [0.29, 0.717) is 25.9 Å². The van der Waals surface area contributed by atoms with E-state index in [1.807, 2.05) is 20.8 Å². The molecule has 0 aromatic carbocycles. The van der Waals surface area contributed by atoms with Crippen molar-refractivity contribution >= 4 is 33.7 Å². The maximum absolute atomic E-state index is 14.7. The lowest BCUT2D eigenvalue weighted by Gasteiger charge is -2.46. The van der Waals surface area contributed by atoms with Crippen LogP contribution in [-0.4, -0.2) is 98.4 Å². The Balaban J connectivity index is 2.16. The van der Waals surface area contributed by atoms with Gasteiger partial charge in [-0.25, -0.2) is 0 Å². The van der Waals surface area contributed by atoms with E-state index in [0.717, 1.165) is 6.42 Å². The highest BCUT2D eigenvalue weighted by atomic mass is 79.9. The van der Waals surface area contributed by atoms with Gasteiger partial charge in [-0.15, -0.1) is 13.2 Å². The summed E-state index contributed by atoms with van der Waals surface area (Å²) in [5.74, 6) is -2.23. The minimum Gasteiger partial charge on any atom is -0.394 e. The van der Waals surface area contributed by atoms with Crippen LogP contribution in [0.2, 0.25) is 0 Å². The number of hydrogen-bond donors (Lipinski definition) is 1. The van der Waals surface area contributed by atoms with Gasteiger partial charge in [0.25, 0.3) is 0 Å². The molecule has 0 aliphatic carbocycles. The average molecular weight is 597 g/mol. The van der Waals surface area contributed by atoms with E-state index in [-0.39, 0.29) is 34.6 Å². The van der Waals surface area contributed by atoms with Crippen molar-refractivity contribution in [3.05, 3.63) is 25.3 Å². The second-order valence-corrected chi connectivity index (χ2v) is 14.1. The molecule has 3 unspecified atom stereocenters. The fraction of sp³-hybridized carbons (Fsp3) is 0.759. The standard InChI is InChI=1S/C29H46BrN3O5/c1-10-13-31(9)24(35)20-21-25(36)33(18(12-3)16-34)23(29(21)15-19(30)22(20)38-29)26(37)32(14-11-2)28(7,8)17-27(4,5)6/h10-11,18-23,34H,1-2,12-17H2,3-9H3/t18-,19?,20-,21-,22-,23?,29?/m0/s1. The molecule has 0 radical (unpaired) electrons. The van der Waals surface area contributed by atoms with Crippen LogP contribution in [0.5, 0.6) is 0 Å². The second kappa shape index (κ2) is 11.0. The Morgan fingerprint density at radius 2 is 1.82 bits per heavy atom. The predicted octanol–water partition coefficient (Wildman–Crippen LogP) is 3.38. The Bertz CT molecular complexity index is 958. The second-order valence-electron chi connectivity index (χ2n) is 12.9. The molecule has 0 saturated carbocycles. The molecular formula is C29H46BrN3O5. The van der Waals surface area contributed by atoms with Gasteiger partial charge >= 0.3 is 0 Å². The summed E-state index contributed by atoms with van der Waals surface area (Å²) in [6, 6.07) is -1.52. The monoisotopic (exact) mass is 595 g/mol. The molecule has 3 aliphatic heterocycles. The molecule has 38 heavy (non-hydrogen) atoms. The van der Waals surface area contributed by atoms with Gasteiger partial charge in [0.2, 0.25) is 17.7 Å². The number of fused-ring (bicyclic) bond motifs is 1. The highest BCUT2D eigenvalue weighted by Crippen LogP contribution is 2.61. The highest BCUT2D eigenvalue weighted by molar-refractivity contribution is 9.09. The van der Waals surface area contributed by atoms with E-state index >= 15 is 0 Å². The zero-order valence-electron chi connectivity index (χ0n) is 24.1. The molecule has 214 valence electrons. The van der Waals surface area contributed by atoms with Gasteiger partial charge in [0.15, 0.2) is 0 Å². The molecule has 0 aromatic heterocycles. The Morgan fingerprint density at radius 3 is 2.32 bits per heavy atom. The Kier molecular flexibility index (Phi) is 8.96. The lowest BCUT2D eigenvalue weighted by Crippen LogP contribution is -2.62. The third-order valence-corrected chi connectivity index (χ3v) is 9.22. The van der Waals surface area contributed by atoms with Crippen molar-refractivity contribution in [2.75, 3.05) is 26.7 Å². The first-order valence-corrected chi connectivity index (χ1v) is 14.6. The van der Waals surface area contributed by atoms with Gasteiger partial charge in [-0.3, -0.25) is 14.4 Å². The number of likely N-dealkylation sites (tertiary alicyclic amines) is 1. The number of carbonyl (C=O) groups is 3. The van der Waals surface area contributed by atoms with Gasteiger partial charge in [0.1, 0.15) is 11.6 Å². The van der Waals surface area contributed by atoms with E-state index in [4.69, 9.17) is 4.74 Å². The van der Waals surface area contributed by atoms with Crippen molar-refractivity contribution in [2.24, 2.45) is 17.3 Å². The number of alkyl halides is 1. The van der Waals surface area contributed by atoms with Crippen molar-refractivity contribution in [2.45, 2.75) is 95.0 Å². The maximum atomic E-state index is 14.7. The van der Waals surface area contributed by atoms with Gasteiger partial charge < -0.3 is 24.5 Å². The van der Waals surface area contributed by atoms with Crippen LogP contribution in [0.3, 0.4) is 0 Å². The van der Waals surface area contributed by atoms with Crippen molar-refractivity contribution < 1.29 is 24.2 Å². The van der Waals surface area contributed by atoms with E-state index in [9.17, 15) is 19.5 Å². The lowest BCUT2D eigenvalue weighted by atomic mass is 9.70. The lowest BCUT2D eigenvalue weighted by molar-refractivity contribution is -0.155. The van der Waals surface area contributed by atoms with Crippen LogP contribution in [0.1, 0.15) is 60.8 Å². The highest BCUT2D eigenvalue weighted by Gasteiger charge is 2.77. The Morgan fingerprint density at radius 1 is 1.21 bits per heavy atom. The SMILES string of the molecule is C=CCN(C)C(=O)[C@H]1[C@H]2C(=O)N([C@@H](CC)CO)C(C(=O)N(CC=C)C(C)(C)CC(C)(C)C)C23CC(Br)[C@@H]1O3. The van der Waals surface area contributed by atoms with Gasteiger partial charge in [-0.1, -0.05) is 55.8 Å². The van der Waals surface area contributed by atoms with Crippen LogP contribution in [0.4, 0.5) is 0 Å². The Hall–Kier alpha value is -1.71. The molecule has 9 heteroatoms. The summed E-state index contributed by atoms with van der Waals surface area (Å²) >= 11 is 3.72. The minimum absolute atomic E-state index is 0.0528. The molecule has 1 spiro atoms. The molecule has 3 amide bonds. The number of halogens is 1. The number of nitrogens with zero attached hydrogens (tertiary/aromatic N) is 3. The minimum atomic E-state index is -1.16.